The molecule has 0 unspecified atom stereocenters. The van der Waals surface area contributed by atoms with Gasteiger partial charge in [0.25, 0.3) is 0 Å². The number of amides is 1. The van der Waals surface area contributed by atoms with Crippen LogP contribution in [0.15, 0.2) is 73.1 Å². The summed E-state index contributed by atoms with van der Waals surface area (Å²) >= 11 is 0. The number of rotatable bonds is 4. The van der Waals surface area contributed by atoms with Crippen molar-refractivity contribution < 1.29 is 4.79 Å². The van der Waals surface area contributed by atoms with Crippen LogP contribution in [-0.4, -0.2) is 22.4 Å². The van der Waals surface area contributed by atoms with Gasteiger partial charge in [0, 0.05) is 43.0 Å². The summed E-state index contributed by atoms with van der Waals surface area (Å²) in [7, 11) is 0. The fourth-order valence-corrected chi connectivity index (χ4v) is 3.89. The van der Waals surface area contributed by atoms with E-state index in [4.69, 9.17) is 0 Å². The van der Waals surface area contributed by atoms with E-state index in [2.05, 4.69) is 32.7 Å². The molecule has 2 N–H and O–H groups in total. The number of fused-ring (bicyclic) bond motifs is 2. The molecule has 6 heteroatoms. The molecule has 2 aromatic heterocycles. The van der Waals surface area contributed by atoms with Crippen molar-refractivity contribution in [3.8, 4) is 0 Å². The minimum atomic E-state index is 0.0578. The molecule has 1 aliphatic rings. The second kappa shape index (κ2) is 7.48. The average Bonchev–Trinajstić information content (AvgIpc) is 3.20. The molecule has 0 saturated carbocycles. The van der Waals surface area contributed by atoms with Crippen LogP contribution >= 0.6 is 0 Å². The van der Waals surface area contributed by atoms with Gasteiger partial charge >= 0.3 is 0 Å². The molecule has 0 spiro atoms. The number of carbonyl (C=O) groups excluding carboxylic acids is 1. The van der Waals surface area contributed by atoms with Crippen LogP contribution in [0.3, 0.4) is 0 Å². The van der Waals surface area contributed by atoms with E-state index in [9.17, 15) is 4.79 Å². The Morgan fingerprint density at radius 1 is 0.933 bits per heavy atom. The summed E-state index contributed by atoms with van der Waals surface area (Å²) in [5.74, 6) is 1.49. The molecular weight excluding hydrogens is 374 g/mol. The number of hydrogen-bond acceptors (Lipinski definition) is 5. The Morgan fingerprint density at radius 2 is 1.77 bits per heavy atom. The van der Waals surface area contributed by atoms with Crippen molar-refractivity contribution in [2.45, 2.75) is 13.3 Å². The standard InChI is InChI=1S/C24H21N5O/c1-16(30)29-12-10-17-7-4-8-21(24(17)29)27-20-9-11-25-23(14-20)28-22-13-18-5-2-3-6-19(18)15-26-22/h2-9,11,13-15H,10,12H2,1H3,(H2,25,26,27,28). The van der Waals surface area contributed by atoms with Gasteiger partial charge in [0.05, 0.1) is 11.4 Å². The van der Waals surface area contributed by atoms with Crippen molar-refractivity contribution in [2.24, 2.45) is 0 Å². The summed E-state index contributed by atoms with van der Waals surface area (Å²) in [5.41, 5.74) is 3.95. The van der Waals surface area contributed by atoms with Crippen LogP contribution in [0.1, 0.15) is 12.5 Å². The number of nitrogens with zero attached hydrogens (tertiary/aromatic N) is 3. The SMILES string of the molecule is CC(=O)N1CCc2cccc(Nc3ccnc(Nc4cc5ccccc5cn4)c3)c21. The largest absolute Gasteiger partial charge is 0.354 e. The van der Waals surface area contributed by atoms with E-state index >= 15 is 0 Å². The lowest BCUT2D eigenvalue weighted by atomic mass is 10.1. The van der Waals surface area contributed by atoms with Crippen LogP contribution < -0.4 is 15.5 Å². The summed E-state index contributed by atoms with van der Waals surface area (Å²) in [5, 5.41) is 8.94. The first-order chi connectivity index (χ1) is 14.7. The first kappa shape index (κ1) is 18.1. The minimum absolute atomic E-state index is 0.0578. The number of carbonyl (C=O) groups is 1. The van der Waals surface area contributed by atoms with Gasteiger partial charge in [-0.15, -0.1) is 0 Å². The van der Waals surface area contributed by atoms with Gasteiger partial charge in [-0.25, -0.2) is 9.97 Å². The van der Waals surface area contributed by atoms with E-state index < -0.39 is 0 Å². The zero-order chi connectivity index (χ0) is 20.5. The molecule has 0 atom stereocenters. The zero-order valence-electron chi connectivity index (χ0n) is 16.6. The van der Waals surface area contributed by atoms with Crippen LogP contribution in [-0.2, 0) is 11.2 Å². The number of para-hydroxylation sites is 1. The van der Waals surface area contributed by atoms with Crippen molar-refractivity contribution in [3.05, 3.63) is 78.6 Å². The maximum Gasteiger partial charge on any atom is 0.223 e. The molecule has 2 aromatic carbocycles. The highest BCUT2D eigenvalue weighted by Gasteiger charge is 2.25. The topological polar surface area (TPSA) is 70.2 Å². The molecule has 5 rings (SSSR count). The Bertz CT molecular complexity index is 1250. The van der Waals surface area contributed by atoms with Crippen molar-refractivity contribution in [3.63, 3.8) is 0 Å². The van der Waals surface area contributed by atoms with Crippen molar-refractivity contribution >= 4 is 45.4 Å². The van der Waals surface area contributed by atoms with Crippen molar-refractivity contribution in [1.82, 2.24) is 9.97 Å². The number of pyridine rings is 2. The predicted molar refractivity (Wildman–Crippen MR) is 121 cm³/mol. The maximum atomic E-state index is 12.0. The van der Waals surface area contributed by atoms with Gasteiger partial charge < -0.3 is 15.5 Å². The molecule has 0 aliphatic carbocycles. The lowest BCUT2D eigenvalue weighted by Crippen LogP contribution is -2.26. The molecule has 3 heterocycles. The third-order valence-electron chi connectivity index (χ3n) is 5.30. The molecule has 0 bridgehead atoms. The number of hydrogen-bond donors (Lipinski definition) is 2. The predicted octanol–water partition coefficient (Wildman–Crippen LogP) is 5.03. The highest BCUT2D eigenvalue weighted by molar-refractivity contribution is 5.98. The quantitative estimate of drug-likeness (QED) is 0.507. The van der Waals surface area contributed by atoms with Gasteiger partial charge in [-0.2, -0.15) is 0 Å². The molecule has 1 aliphatic heterocycles. The molecule has 0 radical (unpaired) electrons. The minimum Gasteiger partial charge on any atom is -0.354 e. The third kappa shape index (κ3) is 3.43. The molecule has 0 fully saturated rings. The van der Waals surface area contributed by atoms with Crippen molar-refractivity contribution in [1.29, 1.82) is 0 Å². The maximum absolute atomic E-state index is 12.0. The third-order valence-corrected chi connectivity index (χ3v) is 5.30. The van der Waals surface area contributed by atoms with Gasteiger partial charge in [-0.3, -0.25) is 4.79 Å². The van der Waals surface area contributed by atoms with E-state index in [1.807, 2.05) is 59.6 Å². The first-order valence-corrected chi connectivity index (χ1v) is 9.92. The smallest absolute Gasteiger partial charge is 0.223 e. The Hall–Kier alpha value is -3.93. The Balaban J connectivity index is 1.41. The second-order valence-corrected chi connectivity index (χ2v) is 7.33. The molecule has 0 saturated heterocycles. The van der Waals surface area contributed by atoms with E-state index in [0.717, 1.165) is 46.6 Å². The molecule has 6 nitrogen and oxygen atoms in total. The number of aromatic nitrogens is 2. The summed E-state index contributed by atoms with van der Waals surface area (Å²) < 4.78 is 0. The monoisotopic (exact) mass is 395 g/mol. The van der Waals surface area contributed by atoms with E-state index in [1.165, 1.54) is 5.56 Å². The van der Waals surface area contributed by atoms with E-state index in [-0.39, 0.29) is 5.91 Å². The summed E-state index contributed by atoms with van der Waals surface area (Å²) in [6.45, 7) is 2.33. The summed E-state index contributed by atoms with van der Waals surface area (Å²) in [4.78, 5) is 22.8. The van der Waals surface area contributed by atoms with Crippen LogP contribution in [0.4, 0.5) is 28.7 Å². The van der Waals surface area contributed by atoms with Gasteiger partial charge in [0.2, 0.25) is 5.91 Å². The first-order valence-electron chi connectivity index (χ1n) is 9.92. The Kier molecular flexibility index (Phi) is 4.52. The zero-order valence-corrected chi connectivity index (χ0v) is 16.6. The van der Waals surface area contributed by atoms with Crippen LogP contribution in [0.2, 0.25) is 0 Å². The summed E-state index contributed by atoms with van der Waals surface area (Å²) in [6, 6.07) is 20.1. The number of nitrogens with one attached hydrogen (secondary N) is 2. The fraction of sp³-hybridized carbons (Fsp3) is 0.125. The molecule has 148 valence electrons. The van der Waals surface area contributed by atoms with Crippen LogP contribution in [0, 0.1) is 0 Å². The normalized spacial score (nSPS) is 12.6. The van der Waals surface area contributed by atoms with Gasteiger partial charge in [-0.05, 0) is 35.6 Å². The van der Waals surface area contributed by atoms with Gasteiger partial charge in [0.1, 0.15) is 11.6 Å². The molecule has 4 aromatic rings. The van der Waals surface area contributed by atoms with Crippen LogP contribution in [0.25, 0.3) is 10.8 Å². The van der Waals surface area contributed by atoms with Crippen molar-refractivity contribution in [2.75, 3.05) is 22.1 Å². The number of benzene rings is 2. The lowest BCUT2D eigenvalue weighted by Gasteiger charge is -2.19. The lowest BCUT2D eigenvalue weighted by molar-refractivity contribution is -0.116. The van der Waals surface area contributed by atoms with Crippen LogP contribution in [0.5, 0.6) is 0 Å². The molecule has 1 amide bonds. The Labute approximate surface area is 174 Å². The fourth-order valence-electron chi connectivity index (χ4n) is 3.89. The highest BCUT2D eigenvalue weighted by atomic mass is 16.2. The molecule has 30 heavy (non-hydrogen) atoms. The number of anilines is 5. The summed E-state index contributed by atoms with van der Waals surface area (Å²) in [6.07, 6.45) is 4.47. The Morgan fingerprint density at radius 3 is 2.63 bits per heavy atom. The molecular formula is C24H21N5O. The van der Waals surface area contributed by atoms with Gasteiger partial charge in [0.15, 0.2) is 0 Å². The van der Waals surface area contributed by atoms with E-state index in [0.29, 0.717) is 5.82 Å². The highest BCUT2D eigenvalue weighted by Crippen LogP contribution is 2.37. The van der Waals surface area contributed by atoms with E-state index in [1.54, 1.807) is 13.1 Å². The second-order valence-electron chi connectivity index (χ2n) is 7.33. The average molecular weight is 395 g/mol. The van der Waals surface area contributed by atoms with Gasteiger partial charge in [-0.1, -0.05) is 36.4 Å².